The molecule has 1 aliphatic rings. The molecule has 0 radical (unpaired) electrons. The van der Waals surface area contributed by atoms with Crippen molar-refractivity contribution in [1.82, 2.24) is 4.98 Å². The monoisotopic (exact) mass is 516 g/mol. The molecule has 0 N–H and O–H groups in total. The van der Waals surface area contributed by atoms with Crippen molar-refractivity contribution in [2.45, 2.75) is 26.9 Å². The summed E-state index contributed by atoms with van der Waals surface area (Å²) in [5.74, 6) is -0.716. The first kappa shape index (κ1) is 24.6. The summed E-state index contributed by atoms with van der Waals surface area (Å²) in [4.78, 5) is 33.2. The van der Waals surface area contributed by atoms with Crippen LogP contribution >= 0.6 is 0 Å². The lowest BCUT2D eigenvalue weighted by Crippen LogP contribution is -2.23. The Morgan fingerprint density at radius 1 is 0.718 bits per heavy atom. The molecular weight excluding hydrogens is 488 g/mol. The van der Waals surface area contributed by atoms with Gasteiger partial charge in [-0.3, -0.25) is 4.98 Å². The first-order valence-electron chi connectivity index (χ1n) is 13.2. The summed E-state index contributed by atoms with van der Waals surface area (Å²) < 4.78 is 11.1. The number of carbonyl (C=O) groups excluding carboxylic acids is 2. The zero-order valence-corrected chi connectivity index (χ0v) is 21.9. The molecule has 39 heavy (non-hydrogen) atoms. The van der Waals surface area contributed by atoms with Crippen LogP contribution in [0, 0.1) is 0 Å². The minimum absolute atomic E-state index is 0.279. The number of aromatic nitrogens is 1. The number of nitrogens with zero attached hydrogens (tertiary/aromatic N) is 2. The quantitative estimate of drug-likeness (QED) is 0.236. The zero-order valence-electron chi connectivity index (χ0n) is 21.9. The fourth-order valence-corrected chi connectivity index (χ4v) is 5.64. The first-order valence-corrected chi connectivity index (χ1v) is 13.2. The predicted octanol–water partition coefficient (Wildman–Crippen LogP) is 6.93. The summed E-state index contributed by atoms with van der Waals surface area (Å²) in [5.41, 5.74) is 5.64. The SMILES string of the molecule is CCOC(=O)c1cc2ccccc2c2c1CN(c1ccncc1)Cc1c(C(=O)OCC)cc3ccccc3c1-2. The van der Waals surface area contributed by atoms with Gasteiger partial charge >= 0.3 is 11.9 Å². The maximum absolute atomic E-state index is 13.4. The minimum Gasteiger partial charge on any atom is -0.462 e. The molecular formula is C33H28N2O4. The largest absolute Gasteiger partial charge is 0.462 e. The predicted molar refractivity (Wildman–Crippen MR) is 153 cm³/mol. The number of hydrogen-bond acceptors (Lipinski definition) is 6. The highest BCUT2D eigenvalue weighted by Gasteiger charge is 2.31. The molecule has 6 heteroatoms. The van der Waals surface area contributed by atoms with Gasteiger partial charge in [0.1, 0.15) is 0 Å². The van der Waals surface area contributed by atoms with E-state index in [0.717, 1.165) is 49.5 Å². The van der Waals surface area contributed by atoms with Crippen LogP contribution in [0.25, 0.3) is 32.7 Å². The van der Waals surface area contributed by atoms with E-state index < -0.39 is 0 Å². The second kappa shape index (κ2) is 10.2. The number of carbonyl (C=O) groups is 2. The van der Waals surface area contributed by atoms with Gasteiger partial charge in [0.05, 0.1) is 24.3 Å². The highest BCUT2D eigenvalue weighted by Crippen LogP contribution is 2.45. The molecule has 0 saturated heterocycles. The van der Waals surface area contributed by atoms with E-state index in [4.69, 9.17) is 9.47 Å². The molecule has 4 aromatic carbocycles. The Morgan fingerprint density at radius 3 is 1.64 bits per heavy atom. The van der Waals surface area contributed by atoms with E-state index >= 15 is 0 Å². The minimum atomic E-state index is -0.358. The Bertz CT molecular complexity index is 1620. The molecule has 0 fully saturated rings. The van der Waals surface area contributed by atoms with Crippen molar-refractivity contribution in [3.8, 4) is 11.1 Å². The van der Waals surface area contributed by atoms with E-state index in [-0.39, 0.29) is 25.2 Å². The van der Waals surface area contributed by atoms with Gasteiger partial charge in [0.15, 0.2) is 0 Å². The highest BCUT2D eigenvalue weighted by molar-refractivity contribution is 6.14. The van der Waals surface area contributed by atoms with Crippen LogP contribution in [0.2, 0.25) is 0 Å². The molecule has 5 aromatic rings. The lowest BCUT2D eigenvalue weighted by molar-refractivity contribution is 0.0516. The fraction of sp³-hybridized carbons (Fsp3) is 0.182. The van der Waals surface area contributed by atoms with Crippen molar-refractivity contribution >= 4 is 39.2 Å². The fourth-order valence-electron chi connectivity index (χ4n) is 5.64. The van der Waals surface area contributed by atoms with Gasteiger partial charge in [-0.1, -0.05) is 48.5 Å². The van der Waals surface area contributed by atoms with Crippen LogP contribution in [0.1, 0.15) is 45.7 Å². The molecule has 194 valence electrons. The third-order valence-electron chi connectivity index (χ3n) is 7.28. The smallest absolute Gasteiger partial charge is 0.338 e. The van der Waals surface area contributed by atoms with Crippen LogP contribution in [0.3, 0.4) is 0 Å². The molecule has 0 spiro atoms. The number of fused-ring (bicyclic) bond motifs is 7. The van der Waals surface area contributed by atoms with Crippen LogP contribution in [-0.2, 0) is 22.6 Å². The Morgan fingerprint density at radius 2 is 1.18 bits per heavy atom. The summed E-state index contributed by atoms with van der Waals surface area (Å²) >= 11 is 0. The number of pyridine rings is 1. The van der Waals surface area contributed by atoms with E-state index in [1.165, 1.54) is 0 Å². The van der Waals surface area contributed by atoms with Gasteiger partial charge in [-0.25, -0.2) is 9.59 Å². The highest BCUT2D eigenvalue weighted by atomic mass is 16.5. The Balaban J connectivity index is 1.79. The van der Waals surface area contributed by atoms with Crippen molar-refractivity contribution in [3.05, 3.63) is 107 Å². The lowest BCUT2D eigenvalue weighted by Gasteiger charge is -2.25. The van der Waals surface area contributed by atoms with Crippen LogP contribution in [0.5, 0.6) is 0 Å². The normalized spacial score (nSPS) is 12.5. The molecule has 0 amide bonds. The molecule has 0 bridgehead atoms. The van der Waals surface area contributed by atoms with E-state index in [1.807, 2.05) is 74.5 Å². The number of rotatable bonds is 5. The molecule has 1 aliphatic heterocycles. The number of benzene rings is 4. The van der Waals surface area contributed by atoms with E-state index in [9.17, 15) is 9.59 Å². The molecule has 6 nitrogen and oxygen atoms in total. The van der Waals surface area contributed by atoms with Crippen LogP contribution in [0.15, 0.2) is 85.2 Å². The van der Waals surface area contributed by atoms with Gasteiger partial charge < -0.3 is 14.4 Å². The Labute approximate surface area is 226 Å². The van der Waals surface area contributed by atoms with E-state index in [0.29, 0.717) is 24.2 Å². The third-order valence-corrected chi connectivity index (χ3v) is 7.28. The second-order valence-electron chi connectivity index (χ2n) is 9.50. The number of ether oxygens (including phenoxy) is 2. The van der Waals surface area contributed by atoms with Crippen molar-refractivity contribution < 1.29 is 19.1 Å². The molecule has 0 aliphatic carbocycles. The summed E-state index contributed by atoms with van der Waals surface area (Å²) in [7, 11) is 0. The Hall–Kier alpha value is -4.71. The average molecular weight is 517 g/mol. The van der Waals surface area contributed by atoms with Crippen molar-refractivity contribution in [1.29, 1.82) is 0 Å². The van der Waals surface area contributed by atoms with Gasteiger partial charge in [-0.15, -0.1) is 0 Å². The second-order valence-corrected chi connectivity index (χ2v) is 9.50. The van der Waals surface area contributed by atoms with Crippen LogP contribution in [0.4, 0.5) is 5.69 Å². The lowest BCUT2D eigenvalue weighted by atomic mass is 9.84. The summed E-state index contributed by atoms with van der Waals surface area (Å²) in [5, 5.41) is 3.91. The van der Waals surface area contributed by atoms with Crippen molar-refractivity contribution in [3.63, 3.8) is 0 Å². The molecule has 2 heterocycles. The van der Waals surface area contributed by atoms with E-state index in [2.05, 4.69) is 22.0 Å². The van der Waals surface area contributed by atoms with Gasteiger partial charge in [0, 0.05) is 31.2 Å². The maximum atomic E-state index is 13.4. The van der Waals surface area contributed by atoms with Crippen LogP contribution < -0.4 is 4.90 Å². The van der Waals surface area contributed by atoms with Gasteiger partial charge in [-0.2, -0.15) is 0 Å². The maximum Gasteiger partial charge on any atom is 0.338 e. The molecule has 0 unspecified atom stereocenters. The summed E-state index contributed by atoms with van der Waals surface area (Å²) in [6.45, 7) is 5.08. The van der Waals surface area contributed by atoms with Gasteiger partial charge in [-0.05, 0) is 81.9 Å². The molecule has 1 aromatic heterocycles. The van der Waals surface area contributed by atoms with Crippen LogP contribution in [-0.4, -0.2) is 30.1 Å². The molecule has 6 rings (SSSR count). The number of hydrogen-bond donors (Lipinski definition) is 0. The average Bonchev–Trinajstić information content (AvgIpc) is 3.15. The molecule has 0 saturated carbocycles. The third kappa shape index (κ3) is 4.28. The summed E-state index contributed by atoms with van der Waals surface area (Å²) in [6, 6.07) is 23.9. The van der Waals surface area contributed by atoms with Crippen molar-refractivity contribution in [2.75, 3.05) is 18.1 Å². The van der Waals surface area contributed by atoms with Gasteiger partial charge in [0.25, 0.3) is 0 Å². The topological polar surface area (TPSA) is 68.7 Å². The van der Waals surface area contributed by atoms with E-state index in [1.54, 1.807) is 12.4 Å². The first-order chi connectivity index (χ1) is 19.1. The molecule has 0 atom stereocenters. The zero-order chi connectivity index (χ0) is 26.9. The van der Waals surface area contributed by atoms with Gasteiger partial charge in [0.2, 0.25) is 0 Å². The standard InChI is InChI=1S/C33H28N2O4/c1-3-38-32(36)26-17-21-9-5-7-11-24(21)30-28(26)19-35(23-13-15-34-16-14-23)20-29-27(33(37)39-4-2)18-22-10-6-8-12-25(22)31(29)30/h5-18H,3-4,19-20H2,1-2H3. The van der Waals surface area contributed by atoms with Crippen molar-refractivity contribution in [2.24, 2.45) is 0 Å². The Kier molecular flexibility index (Phi) is 6.45. The summed E-state index contributed by atoms with van der Waals surface area (Å²) in [6.07, 6.45) is 3.50. The number of anilines is 1. The number of esters is 2.